The minimum Gasteiger partial charge on any atom is -0.379 e. The minimum atomic E-state index is -4.10. The maximum atomic E-state index is 12.6. The van der Waals surface area contributed by atoms with Gasteiger partial charge in [-0.1, -0.05) is 131 Å². The van der Waals surface area contributed by atoms with E-state index in [2.05, 4.69) is 22.4 Å². The van der Waals surface area contributed by atoms with Gasteiger partial charge in [-0.15, -0.1) is 5.10 Å². The lowest BCUT2D eigenvalue weighted by atomic mass is 10.0. The molecule has 0 spiro atoms. The molecular weight excluding hydrogens is 601 g/mol. The Balaban J connectivity index is 1.38. The number of rotatable bonds is 18. The van der Waals surface area contributed by atoms with E-state index in [1.54, 1.807) is 12.1 Å². The molecule has 0 bridgehead atoms. The zero-order valence-corrected chi connectivity index (χ0v) is 26.6. The van der Waals surface area contributed by atoms with E-state index in [0.29, 0.717) is 10.7 Å². The van der Waals surface area contributed by atoms with E-state index in [0.717, 1.165) is 19.3 Å². The van der Waals surface area contributed by atoms with E-state index in [-0.39, 0.29) is 31.8 Å². The number of hydrogen-bond acceptors (Lipinski definition) is 7. The first-order valence-corrected chi connectivity index (χ1v) is 17.4. The summed E-state index contributed by atoms with van der Waals surface area (Å²) in [6.45, 7) is 2.25. The molecule has 3 rings (SSSR count). The summed E-state index contributed by atoms with van der Waals surface area (Å²) in [6, 6.07) is 10.4. The number of amides is 1. The van der Waals surface area contributed by atoms with Gasteiger partial charge < -0.3 is 9.50 Å². The van der Waals surface area contributed by atoms with Crippen molar-refractivity contribution in [2.24, 2.45) is 10.2 Å². The Morgan fingerprint density at radius 1 is 0.902 bits per heavy atom. The number of halogens is 2. The molecule has 41 heavy (non-hydrogen) atoms. The van der Waals surface area contributed by atoms with E-state index in [9.17, 15) is 13.2 Å². The van der Waals surface area contributed by atoms with Crippen LogP contribution in [-0.2, 0) is 14.9 Å². The molecule has 11 heteroatoms. The van der Waals surface area contributed by atoms with E-state index >= 15 is 0 Å². The molecule has 0 aliphatic carbocycles. The standard InChI is InChI=1S/C30H39Cl2N3O4S2/c1-2-3-4-5-6-7-8-9-10-11-12-13-17-28-29(36)34-30(40-28)35-33-22-23-15-14-16-24(20-23)39-41(37,38)25-18-19-26(31)27(32)21-25/h14-16,18-22,28H,2-13,17H2,1H3,(H,34,35,36). The van der Waals surface area contributed by atoms with E-state index in [1.807, 2.05) is 0 Å². The fourth-order valence-electron chi connectivity index (χ4n) is 4.41. The number of nitrogens with one attached hydrogen (secondary N) is 1. The van der Waals surface area contributed by atoms with Crippen molar-refractivity contribution in [2.45, 2.75) is 101 Å². The van der Waals surface area contributed by atoms with Crippen molar-refractivity contribution in [2.75, 3.05) is 0 Å². The van der Waals surface area contributed by atoms with E-state index in [1.165, 1.54) is 113 Å². The number of amidine groups is 1. The molecular formula is C30H39Cl2N3O4S2. The van der Waals surface area contributed by atoms with Gasteiger partial charge in [0.15, 0.2) is 5.17 Å². The predicted molar refractivity (Wildman–Crippen MR) is 171 cm³/mol. The summed E-state index contributed by atoms with van der Waals surface area (Å²) in [4.78, 5) is 12.2. The Morgan fingerprint density at radius 2 is 1.56 bits per heavy atom. The van der Waals surface area contributed by atoms with Gasteiger partial charge in [0, 0.05) is 0 Å². The highest BCUT2D eigenvalue weighted by Crippen LogP contribution is 2.27. The Bertz CT molecular complexity index is 1300. The van der Waals surface area contributed by atoms with Crippen LogP contribution < -0.4 is 9.50 Å². The smallest absolute Gasteiger partial charge is 0.339 e. The second kappa shape index (κ2) is 17.8. The van der Waals surface area contributed by atoms with Crippen LogP contribution in [0, 0.1) is 0 Å². The average molecular weight is 641 g/mol. The zero-order valence-electron chi connectivity index (χ0n) is 23.5. The Kier molecular flexibility index (Phi) is 14.5. The summed E-state index contributed by atoms with van der Waals surface area (Å²) >= 11 is 13.2. The number of thioether (sulfide) groups is 1. The van der Waals surface area contributed by atoms with Crippen molar-refractivity contribution in [1.82, 2.24) is 5.32 Å². The predicted octanol–water partition coefficient (Wildman–Crippen LogP) is 8.77. The second-order valence-corrected chi connectivity index (χ2v) is 13.7. The third-order valence-corrected chi connectivity index (χ3v) is 9.82. The molecule has 1 fully saturated rings. The molecule has 1 aliphatic heterocycles. The molecule has 7 nitrogen and oxygen atoms in total. The van der Waals surface area contributed by atoms with Gasteiger partial charge in [-0.25, -0.2) is 0 Å². The van der Waals surface area contributed by atoms with Crippen LogP contribution in [0.25, 0.3) is 0 Å². The third-order valence-electron chi connectivity index (χ3n) is 6.70. The molecule has 1 amide bonds. The van der Waals surface area contributed by atoms with Gasteiger partial charge in [0.1, 0.15) is 10.6 Å². The lowest BCUT2D eigenvalue weighted by molar-refractivity contribution is -0.118. The summed E-state index contributed by atoms with van der Waals surface area (Å²) < 4.78 is 30.4. The van der Waals surface area contributed by atoms with Crippen molar-refractivity contribution in [3.63, 3.8) is 0 Å². The first kappa shape index (κ1) is 33.4. The number of carbonyl (C=O) groups is 1. The van der Waals surface area contributed by atoms with Crippen LogP contribution in [0.2, 0.25) is 10.0 Å². The summed E-state index contributed by atoms with van der Waals surface area (Å²) in [6.07, 6.45) is 17.7. The highest BCUT2D eigenvalue weighted by Gasteiger charge is 2.29. The molecule has 1 saturated heterocycles. The van der Waals surface area contributed by atoms with Crippen LogP contribution in [-0.4, -0.2) is 31.0 Å². The van der Waals surface area contributed by atoms with Crippen molar-refractivity contribution in [1.29, 1.82) is 0 Å². The minimum absolute atomic E-state index is 0.0325. The van der Waals surface area contributed by atoms with Crippen molar-refractivity contribution >= 4 is 62.4 Å². The van der Waals surface area contributed by atoms with E-state index < -0.39 is 10.1 Å². The van der Waals surface area contributed by atoms with E-state index in [4.69, 9.17) is 27.4 Å². The first-order chi connectivity index (χ1) is 19.8. The summed E-state index contributed by atoms with van der Waals surface area (Å²) in [5, 5.41) is 11.7. The molecule has 0 radical (unpaired) electrons. The largest absolute Gasteiger partial charge is 0.379 e. The van der Waals surface area contributed by atoms with Crippen LogP contribution in [0.1, 0.15) is 96.0 Å². The lowest BCUT2D eigenvalue weighted by Crippen LogP contribution is -2.24. The fourth-order valence-corrected chi connectivity index (χ4v) is 6.70. The molecule has 1 N–H and O–H groups in total. The molecule has 2 aromatic rings. The van der Waals surface area contributed by atoms with Crippen LogP contribution in [0.5, 0.6) is 5.75 Å². The lowest BCUT2D eigenvalue weighted by Gasteiger charge is -2.08. The number of unbranched alkanes of at least 4 members (excludes halogenated alkanes) is 11. The first-order valence-electron chi connectivity index (χ1n) is 14.4. The van der Waals surface area contributed by atoms with Gasteiger partial charge in [0.05, 0.1) is 21.5 Å². The highest BCUT2D eigenvalue weighted by molar-refractivity contribution is 8.15. The fraction of sp³-hybridized carbons (Fsp3) is 0.500. The molecule has 0 saturated carbocycles. The summed E-state index contributed by atoms with van der Waals surface area (Å²) in [5.74, 6) is 0.0774. The number of nitrogens with zero attached hydrogens (tertiary/aromatic N) is 2. The van der Waals surface area contributed by atoms with Crippen LogP contribution in [0.4, 0.5) is 0 Å². The maximum Gasteiger partial charge on any atom is 0.339 e. The number of benzene rings is 2. The quantitative estimate of drug-likeness (QED) is 0.0761. The Morgan fingerprint density at radius 3 is 2.22 bits per heavy atom. The van der Waals surface area contributed by atoms with Crippen molar-refractivity contribution < 1.29 is 17.4 Å². The SMILES string of the molecule is CCCCCCCCCCCCCCC1S/C(=N\N=Cc2cccc(OS(=O)(=O)c3ccc(Cl)c(Cl)c3)c2)NC1=O. The second-order valence-electron chi connectivity index (χ2n) is 10.1. The molecule has 1 aliphatic rings. The number of hydrogen-bond donors (Lipinski definition) is 1. The van der Waals surface area contributed by atoms with Gasteiger partial charge >= 0.3 is 10.1 Å². The van der Waals surface area contributed by atoms with Crippen molar-refractivity contribution in [3.8, 4) is 5.75 Å². The average Bonchev–Trinajstić information content (AvgIpc) is 3.29. The van der Waals surface area contributed by atoms with Gasteiger partial charge in [0.2, 0.25) is 5.91 Å². The topological polar surface area (TPSA) is 97.2 Å². The Hall–Kier alpha value is -2.07. The monoisotopic (exact) mass is 639 g/mol. The third kappa shape index (κ3) is 12.0. The van der Waals surface area contributed by atoms with Gasteiger partial charge in [-0.2, -0.15) is 13.5 Å². The molecule has 224 valence electrons. The summed E-state index contributed by atoms with van der Waals surface area (Å²) in [7, 11) is -4.10. The maximum absolute atomic E-state index is 12.6. The van der Waals surface area contributed by atoms with Gasteiger partial charge in [-0.3, -0.25) is 4.79 Å². The van der Waals surface area contributed by atoms with Crippen LogP contribution >= 0.6 is 35.0 Å². The normalized spacial score (nSPS) is 16.5. The molecule has 0 aromatic heterocycles. The molecule has 2 aromatic carbocycles. The highest BCUT2D eigenvalue weighted by atomic mass is 35.5. The zero-order chi connectivity index (χ0) is 29.5. The van der Waals surface area contributed by atoms with Gasteiger partial charge in [0.25, 0.3) is 0 Å². The molecule has 1 atom stereocenters. The van der Waals surface area contributed by atoms with Crippen LogP contribution in [0.15, 0.2) is 57.6 Å². The van der Waals surface area contributed by atoms with Crippen LogP contribution in [0.3, 0.4) is 0 Å². The number of carbonyl (C=O) groups excluding carboxylic acids is 1. The van der Waals surface area contributed by atoms with Crippen molar-refractivity contribution in [3.05, 3.63) is 58.1 Å². The van der Waals surface area contributed by atoms with Gasteiger partial charge in [-0.05, 0) is 42.3 Å². The molecule has 1 heterocycles. The molecule has 1 unspecified atom stereocenters. The summed E-state index contributed by atoms with van der Waals surface area (Å²) in [5.41, 5.74) is 0.582. The Labute approximate surface area is 258 Å².